The SMILES string of the molecule is CC(C)N(CCC(c1ccccc1)c1ccccc1)C(=O)Nc1nc2ccccc2s1.CC(C)NCCC(c1ccccc1)c1ccccc1.NCCC(c1ccccc1)c1ccccc1.Nc1nc2ccccc2s1. The largest absolute Gasteiger partial charge is 0.375 e. The molecule has 76 heavy (non-hydrogen) atoms. The fraction of sp³-hybridized carbons (Fsp3) is 0.227. The lowest BCUT2D eigenvalue weighted by molar-refractivity contribution is 0.195. The summed E-state index contributed by atoms with van der Waals surface area (Å²) in [5, 5.41) is 7.80. The number of nitrogens with two attached hydrogens (primary N) is 2. The van der Waals surface area contributed by atoms with Gasteiger partial charge in [0.25, 0.3) is 0 Å². The number of thiazole rings is 2. The number of carbonyl (C=O) groups excluding carboxylic acids is 1. The summed E-state index contributed by atoms with van der Waals surface area (Å²) in [4.78, 5) is 23.6. The number of aromatic nitrogens is 2. The number of fused-ring (bicyclic) bond motifs is 2. The van der Waals surface area contributed by atoms with Crippen LogP contribution >= 0.6 is 22.7 Å². The first-order valence-corrected chi connectivity index (χ1v) is 28.1. The zero-order valence-corrected chi connectivity index (χ0v) is 45.9. The minimum atomic E-state index is -0.103. The Morgan fingerprint density at radius 1 is 0.474 bits per heavy atom. The number of anilines is 2. The summed E-state index contributed by atoms with van der Waals surface area (Å²) in [5.74, 6) is 1.14. The number of urea groups is 1. The topological polar surface area (TPSA) is 122 Å². The summed E-state index contributed by atoms with van der Waals surface area (Å²) in [7, 11) is 0. The summed E-state index contributed by atoms with van der Waals surface area (Å²) in [6, 6.07) is 80.1. The maximum Gasteiger partial charge on any atom is 0.323 e. The molecule has 8 aromatic carbocycles. The van der Waals surface area contributed by atoms with Gasteiger partial charge in [0.2, 0.25) is 0 Å². The van der Waals surface area contributed by atoms with Gasteiger partial charge in [0.05, 0.1) is 20.4 Å². The number of nitrogen functional groups attached to an aromatic ring is 1. The number of hydrogen-bond donors (Lipinski definition) is 4. The standard InChI is InChI=1S/C26H27N3OS.C18H23N.C15H17N.C7H6N2S/c1-19(2)29(26(30)28-25-27-23-15-9-10-16-24(23)31-25)18-17-22(20-11-5-3-6-12-20)21-13-7-4-8-14-21;1-15(2)19-14-13-18(16-9-5-3-6-10-16)17-11-7-4-8-12-17;16-12-11-15(13-7-3-1-4-8-13)14-9-5-2-6-10-14;8-7-9-5-3-1-2-4-6(5)10-7/h3-16,19,22H,17-18H2,1-2H3,(H,27,28,30);3-12,15,18-19H,13-14H2,1-2H3;1-10,15H,11-12,16H2;1-4H,(H2,8,9). The zero-order chi connectivity index (χ0) is 53.3. The van der Waals surface area contributed by atoms with Crippen molar-refractivity contribution in [2.24, 2.45) is 5.73 Å². The summed E-state index contributed by atoms with van der Waals surface area (Å²) in [6.45, 7) is 10.9. The van der Waals surface area contributed by atoms with E-state index in [1.165, 1.54) is 56.1 Å². The quantitative estimate of drug-likeness (QED) is 0.0721. The van der Waals surface area contributed by atoms with Crippen molar-refractivity contribution in [2.75, 3.05) is 30.7 Å². The number of nitrogens with zero attached hydrogens (tertiary/aromatic N) is 3. The van der Waals surface area contributed by atoms with Crippen molar-refractivity contribution in [3.8, 4) is 0 Å². The first kappa shape index (κ1) is 56.3. The van der Waals surface area contributed by atoms with Crippen LogP contribution in [0.2, 0.25) is 0 Å². The van der Waals surface area contributed by atoms with Crippen LogP contribution in [-0.4, -0.2) is 52.6 Å². The van der Waals surface area contributed by atoms with E-state index < -0.39 is 0 Å². The first-order chi connectivity index (χ1) is 37.2. The van der Waals surface area contributed by atoms with E-state index in [0.29, 0.717) is 41.2 Å². The average molecular weight is 1040 g/mol. The van der Waals surface area contributed by atoms with Crippen molar-refractivity contribution in [3.63, 3.8) is 0 Å². The van der Waals surface area contributed by atoms with Gasteiger partial charge in [-0.25, -0.2) is 14.8 Å². The maximum atomic E-state index is 13.1. The van der Waals surface area contributed by atoms with E-state index in [9.17, 15) is 4.79 Å². The number of rotatable bonds is 17. The Hall–Kier alpha value is -7.47. The van der Waals surface area contributed by atoms with Gasteiger partial charge in [-0.05, 0) is 104 Å². The van der Waals surface area contributed by atoms with Crippen LogP contribution in [0.1, 0.15) is 98.1 Å². The fourth-order valence-corrected chi connectivity index (χ4v) is 10.8. The first-order valence-electron chi connectivity index (χ1n) is 26.4. The van der Waals surface area contributed by atoms with Crippen molar-refractivity contribution in [3.05, 3.63) is 264 Å². The molecule has 0 bridgehead atoms. The van der Waals surface area contributed by atoms with Crippen molar-refractivity contribution in [1.29, 1.82) is 0 Å². The lowest BCUT2D eigenvalue weighted by atomic mass is 9.88. The molecule has 0 atom stereocenters. The smallest absolute Gasteiger partial charge is 0.323 e. The van der Waals surface area contributed by atoms with Gasteiger partial charge in [-0.2, -0.15) is 0 Å². The van der Waals surface area contributed by atoms with Gasteiger partial charge in [0.15, 0.2) is 10.3 Å². The molecule has 0 aliphatic carbocycles. The van der Waals surface area contributed by atoms with Gasteiger partial charge >= 0.3 is 6.03 Å². The van der Waals surface area contributed by atoms with Gasteiger partial charge in [-0.1, -0.05) is 243 Å². The van der Waals surface area contributed by atoms with Crippen molar-refractivity contribution in [2.45, 2.75) is 76.8 Å². The van der Waals surface area contributed by atoms with E-state index in [1.54, 1.807) is 0 Å². The molecule has 10 rings (SSSR count). The van der Waals surface area contributed by atoms with Gasteiger partial charge in [0, 0.05) is 36.4 Å². The van der Waals surface area contributed by atoms with Crippen molar-refractivity contribution >= 4 is 59.4 Å². The summed E-state index contributed by atoms with van der Waals surface area (Å²) < 4.78 is 2.22. The molecule has 10 heteroatoms. The van der Waals surface area contributed by atoms with Gasteiger partial charge < -0.3 is 21.7 Å². The van der Waals surface area contributed by atoms with E-state index in [-0.39, 0.29) is 18.0 Å². The molecule has 0 unspecified atom stereocenters. The number of para-hydroxylation sites is 2. The maximum absolute atomic E-state index is 13.1. The van der Waals surface area contributed by atoms with Gasteiger partial charge in [-0.3, -0.25) is 5.32 Å². The third kappa shape index (κ3) is 17.3. The molecule has 0 saturated heterocycles. The van der Waals surface area contributed by atoms with Crippen LogP contribution in [0.5, 0.6) is 0 Å². The summed E-state index contributed by atoms with van der Waals surface area (Å²) >= 11 is 3.02. The van der Waals surface area contributed by atoms with E-state index in [0.717, 1.165) is 46.2 Å². The van der Waals surface area contributed by atoms with Crippen molar-refractivity contribution in [1.82, 2.24) is 20.2 Å². The molecule has 2 amide bonds. The minimum absolute atomic E-state index is 0.0848. The molecule has 8 nitrogen and oxygen atoms in total. The third-order valence-electron chi connectivity index (χ3n) is 13.0. The molecule has 0 saturated carbocycles. The molecule has 0 fully saturated rings. The van der Waals surface area contributed by atoms with Crippen LogP contribution in [-0.2, 0) is 0 Å². The monoisotopic (exact) mass is 1040 g/mol. The highest BCUT2D eigenvalue weighted by Gasteiger charge is 2.22. The van der Waals surface area contributed by atoms with Crippen LogP contribution in [0.4, 0.5) is 15.1 Å². The highest BCUT2D eigenvalue weighted by molar-refractivity contribution is 7.22. The highest BCUT2D eigenvalue weighted by atomic mass is 32.1. The van der Waals surface area contributed by atoms with E-state index in [2.05, 4.69) is 206 Å². The molecule has 0 radical (unpaired) electrons. The minimum Gasteiger partial charge on any atom is -0.375 e. The van der Waals surface area contributed by atoms with Gasteiger partial charge in [0.1, 0.15) is 0 Å². The Morgan fingerprint density at radius 3 is 1.20 bits per heavy atom. The Labute approximate surface area is 458 Å². The second kappa shape index (κ2) is 30.2. The van der Waals surface area contributed by atoms with Gasteiger partial charge in [-0.15, -0.1) is 0 Å². The molecule has 0 aliphatic heterocycles. The normalized spacial score (nSPS) is 11.0. The Bertz CT molecular complexity index is 2990. The van der Waals surface area contributed by atoms with Crippen LogP contribution in [0, 0.1) is 0 Å². The zero-order valence-electron chi connectivity index (χ0n) is 44.3. The summed E-state index contributed by atoms with van der Waals surface area (Å²) in [6.07, 6.45) is 2.97. The molecule has 0 spiro atoms. The molecule has 2 aromatic heterocycles. The second-order valence-electron chi connectivity index (χ2n) is 19.1. The number of nitrogens with one attached hydrogen (secondary N) is 2. The Morgan fingerprint density at radius 2 is 0.829 bits per heavy atom. The van der Waals surface area contributed by atoms with Crippen LogP contribution in [0.15, 0.2) is 231 Å². The fourth-order valence-electron chi connectivity index (χ4n) is 9.21. The lowest BCUT2D eigenvalue weighted by Gasteiger charge is -2.29. The van der Waals surface area contributed by atoms with Crippen LogP contribution in [0.3, 0.4) is 0 Å². The number of hydrogen-bond acceptors (Lipinski definition) is 8. The van der Waals surface area contributed by atoms with E-state index >= 15 is 0 Å². The molecule has 6 N–H and O–H groups in total. The third-order valence-corrected chi connectivity index (χ3v) is 14.8. The number of carbonyl (C=O) groups is 1. The molecule has 10 aromatic rings. The predicted octanol–water partition coefficient (Wildman–Crippen LogP) is 16.0. The average Bonchev–Trinajstić information content (AvgIpc) is 4.06. The summed E-state index contributed by atoms with van der Waals surface area (Å²) in [5.41, 5.74) is 21.1. The highest BCUT2D eigenvalue weighted by Crippen LogP contribution is 2.31. The van der Waals surface area contributed by atoms with Crippen molar-refractivity contribution < 1.29 is 4.79 Å². The predicted molar refractivity (Wildman–Crippen MR) is 325 cm³/mol. The van der Waals surface area contributed by atoms with Crippen LogP contribution in [0.25, 0.3) is 20.4 Å². The number of benzene rings is 8. The second-order valence-corrected chi connectivity index (χ2v) is 21.2. The molecule has 2 heterocycles. The van der Waals surface area contributed by atoms with E-state index in [1.807, 2.05) is 77.7 Å². The lowest BCUT2D eigenvalue weighted by Crippen LogP contribution is -2.41. The van der Waals surface area contributed by atoms with E-state index in [4.69, 9.17) is 11.5 Å². The Balaban J connectivity index is 0.000000160. The number of amides is 2. The van der Waals surface area contributed by atoms with Crippen LogP contribution < -0.4 is 22.1 Å². The molecular weight excluding hydrogens is 971 g/mol. The molecule has 0 aliphatic rings. The Kier molecular flexibility index (Phi) is 22.3. The molecule has 390 valence electrons. The molecular formula is C66H73N7OS2.